The fraction of sp³-hybridized carbons (Fsp3) is 0.889. The van der Waals surface area contributed by atoms with Crippen molar-refractivity contribution in [3.63, 3.8) is 0 Å². The minimum absolute atomic E-state index is 0.0783. The number of esters is 1. The van der Waals surface area contributed by atoms with E-state index in [1.165, 1.54) is 52.1 Å². The van der Waals surface area contributed by atoms with Crippen LogP contribution in [0.3, 0.4) is 0 Å². The van der Waals surface area contributed by atoms with E-state index in [-0.39, 0.29) is 9.89 Å². The summed E-state index contributed by atoms with van der Waals surface area (Å²) in [5.74, 6) is 0.222. The number of hydrogen-bond acceptors (Lipinski definition) is 3. The maximum absolute atomic E-state index is 11.8. The molecule has 0 radical (unpaired) electrons. The lowest BCUT2D eigenvalue weighted by Crippen LogP contribution is -2.15. The fourth-order valence-electron chi connectivity index (χ4n) is 2.47. The Morgan fingerprint density at radius 2 is 1.36 bits per heavy atom. The molecular formula is C18H33IO3. The topological polar surface area (TPSA) is 43.4 Å². The predicted octanol–water partition coefficient (Wildman–Crippen LogP) is 5.62. The van der Waals surface area contributed by atoms with Crippen molar-refractivity contribution in [2.24, 2.45) is 0 Å². The molecule has 0 saturated heterocycles. The average molecular weight is 424 g/mol. The highest BCUT2D eigenvalue weighted by molar-refractivity contribution is 14.1. The van der Waals surface area contributed by atoms with Crippen LogP contribution in [0.15, 0.2) is 0 Å². The van der Waals surface area contributed by atoms with E-state index in [1.807, 2.05) is 0 Å². The van der Waals surface area contributed by atoms with E-state index in [0.29, 0.717) is 12.2 Å². The molecule has 0 aliphatic heterocycles. The van der Waals surface area contributed by atoms with Gasteiger partial charge in [-0.25, -0.2) is 0 Å². The first-order chi connectivity index (χ1) is 10.6. The molecule has 0 fully saturated rings. The Morgan fingerprint density at radius 1 is 0.864 bits per heavy atom. The predicted molar refractivity (Wildman–Crippen MR) is 101 cm³/mol. The van der Waals surface area contributed by atoms with Crippen molar-refractivity contribution in [1.29, 1.82) is 0 Å². The first kappa shape index (κ1) is 21.9. The molecule has 22 heavy (non-hydrogen) atoms. The number of ether oxygens (including phenoxy) is 1. The summed E-state index contributed by atoms with van der Waals surface area (Å²) in [6.07, 6.45) is 14.2. The fourth-order valence-corrected chi connectivity index (χ4v) is 3.17. The Hall–Kier alpha value is -0.130. The van der Waals surface area contributed by atoms with Gasteiger partial charge in [-0.15, -0.1) is 0 Å². The molecular weight excluding hydrogens is 391 g/mol. The van der Waals surface area contributed by atoms with Crippen molar-refractivity contribution in [1.82, 2.24) is 0 Å². The van der Waals surface area contributed by atoms with Gasteiger partial charge < -0.3 is 4.74 Å². The van der Waals surface area contributed by atoms with E-state index in [1.54, 1.807) is 0 Å². The third kappa shape index (κ3) is 13.5. The van der Waals surface area contributed by atoms with Crippen LogP contribution in [0.2, 0.25) is 0 Å². The monoisotopic (exact) mass is 424 g/mol. The van der Waals surface area contributed by atoms with Crippen LogP contribution in [0.1, 0.15) is 90.4 Å². The molecule has 0 amide bonds. The van der Waals surface area contributed by atoms with Gasteiger partial charge in [-0.3, -0.25) is 9.59 Å². The molecule has 3 nitrogen and oxygen atoms in total. The van der Waals surface area contributed by atoms with Crippen LogP contribution < -0.4 is 0 Å². The Bertz CT molecular complexity index is 292. The summed E-state index contributed by atoms with van der Waals surface area (Å²) in [5.41, 5.74) is 0. The van der Waals surface area contributed by atoms with Crippen LogP contribution in [0.25, 0.3) is 0 Å². The number of alkyl halides is 1. The zero-order chi connectivity index (χ0) is 16.6. The molecule has 0 saturated carbocycles. The van der Waals surface area contributed by atoms with Gasteiger partial charge in [0, 0.05) is 12.8 Å². The Labute approximate surface area is 150 Å². The highest BCUT2D eigenvalue weighted by atomic mass is 127. The van der Waals surface area contributed by atoms with E-state index >= 15 is 0 Å². The normalized spacial score (nSPS) is 12.1. The second kappa shape index (κ2) is 15.8. The second-order valence-electron chi connectivity index (χ2n) is 6.00. The van der Waals surface area contributed by atoms with Crippen molar-refractivity contribution in [3.05, 3.63) is 0 Å². The largest absolute Gasteiger partial charge is 0.468 e. The van der Waals surface area contributed by atoms with Crippen LogP contribution in [0.5, 0.6) is 0 Å². The second-order valence-corrected chi connectivity index (χ2v) is 7.50. The Morgan fingerprint density at radius 3 is 1.91 bits per heavy atom. The van der Waals surface area contributed by atoms with Gasteiger partial charge in [0.25, 0.3) is 0 Å². The van der Waals surface area contributed by atoms with E-state index < -0.39 is 0 Å². The molecule has 0 rings (SSSR count). The number of carbonyl (C=O) groups excluding carboxylic acids is 2. The van der Waals surface area contributed by atoms with Crippen LogP contribution in [-0.4, -0.2) is 22.8 Å². The van der Waals surface area contributed by atoms with Gasteiger partial charge in [-0.05, 0) is 19.3 Å². The third-order valence-corrected chi connectivity index (χ3v) is 5.06. The maximum Gasteiger partial charge on any atom is 0.318 e. The quantitative estimate of drug-likeness (QED) is 0.148. The molecule has 0 spiro atoms. The zero-order valence-corrected chi connectivity index (χ0v) is 16.5. The van der Waals surface area contributed by atoms with Gasteiger partial charge in [-0.1, -0.05) is 80.9 Å². The molecule has 1 atom stereocenters. The lowest BCUT2D eigenvalue weighted by molar-refractivity contribution is -0.139. The summed E-state index contributed by atoms with van der Waals surface area (Å²) in [6, 6.07) is 0. The molecule has 0 aliphatic carbocycles. The van der Waals surface area contributed by atoms with E-state index in [4.69, 9.17) is 0 Å². The number of rotatable bonds is 15. The third-order valence-electron chi connectivity index (χ3n) is 3.93. The van der Waals surface area contributed by atoms with Crippen molar-refractivity contribution < 1.29 is 14.3 Å². The van der Waals surface area contributed by atoms with Gasteiger partial charge in [-0.2, -0.15) is 0 Å². The number of halogens is 1. The molecule has 0 bridgehead atoms. The van der Waals surface area contributed by atoms with Gasteiger partial charge >= 0.3 is 5.97 Å². The molecule has 0 aromatic heterocycles. The maximum atomic E-state index is 11.8. The van der Waals surface area contributed by atoms with Gasteiger partial charge in [0.1, 0.15) is 9.71 Å². The lowest BCUT2D eigenvalue weighted by atomic mass is 10.0. The minimum Gasteiger partial charge on any atom is -0.468 e. The van der Waals surface area contributed by atoms with Crippen LogP contribution in [0, 0.1) is 0 Å². The number of carbonyl (C=O) groups is 2. The number of Topliss-reactive ketones (excluding diaryl/α,β-unsaturated/α-hetero) is 1. The van der Waals surface area contributed by atoms with E-state index in [0.717, 1.165) is 32.1 Å². The summed E-state index contributed by atoms with van der Waals surface area (Å²) in [7, 11) is 1.42. The summed E-state index contributed by atoms with van der Waals surface area (Å²) < 4.78 is 4.61. The first-order valence-electron chi connectivity index (χ1n) is 8.85. The van der Waals surface area contributed by atoms with Crippen molar-refractivity contribution in [3.8, 4) is 0 Å². The van der Waals surface area contributed by atoms with Gasteiger partial charge in [0.05, 0.1) is 7.11 Å². The first-order valence-corrected chi connectivity index (χ1v) is 10.1. The van der Waals surface area contributed by atoms with Crippen molar-refractivity contribution in [2.45, 2.75) is 94.3 Å². The molecule has 0 aliphatic rings. The summed E-state index contributed by atoms with van der Waals surface area (Å²) in [4.78, 5) is 23.0. The average Bonchev–Trinajstić information content (AvgIpc) is 2.53. The highest BCUT2D eigenvalue weighted by Gasteiger charge is 2.14. The summed E-state index contributed by atoms with van der Waals surface area (Å²) in [6.45, 7) is 2.24. The zero-order valence-electron chi connectivity index (χ0n) is 14.4. The van der Waals surface area contributed by atoms with Gasteiger partial charge in [0.2, 0.25) is 0 Å². The van der Waals surface area contributed by atoms with Crippen LogP contribution >= 0.6 is 22.6 Å². The van der Waals surface area contributed by atoms with Crippen molar-refractivity contribution in [2.75, 3.05) is 7.11 Å². The smallest absolute Gasteiger partial charge is 0.318 e. The van der Waals surface area contributed by atoms with Gasteiger partial charge in [0.15, 0.2) is 0 Å². The lowest BCUT2D eigenvalue weighted by Gasteiger charge is -2.07. The molecule has 0 N–H and O–H groups in total. The summed E-state index contributed by atoms with van der Waals surface area (Å²) >= 11 is 2.11. The number of hydrogen-bond donors (Lipinski definition) is 0. The van der Waals surface area contributed by atoms with E-state index in [2.05, 4.69) is 34.3 Å². The standard InChI is InChI=1S/C18H33IO3/c1-3-4-5-6-7-8-9-10-13-16(20)14-11-12-15-17(19)18(21)22-2/h17H,3-15H2,1-2H3. The summed E-state index contributed by atoms with van der Waals surface area (Å²) in [5, 5.41) is 0. The SMILES string of the molecule is CCCCCCCCCCC(=O)CCCCC(I)C(=O)OC. The van der Waals surface area contributed by atoms with Crippen molar-refractivity contribution >= 4 is 34.3 Å². The Kier molecular flexibility index (Phi) is 15.7. The van der Waals surface area contributed by atoms with Crippen LogP contribution in [0.4, 0.5) is 0 Å². The number of ketones is 1. The molecule has 1 unspecified atom stereocenters. The number of methoxy groups -OCH3 is 1. The molecule has 0 aromatic rings. The van der Waals surface area contributed by atoms with E-state index in [9.17, 15) is 9.59 Å². The Balaban J connectivity index is 3.35. The molecule has 4 heteroatoms. The highest BCUT2D eigenvalue weighted by Crippen LogP contribution is 2.15. The number of unbranched alkanes of at least 4 members (excludes halogenated alkanes) is 8. The molecule has 0 aromatic carbocycles. The molecule has 130 valence electrons. The minimum atomic E-state index is -0.161. The van der Waals surface area contributed by atoms with Crippen LogP contribution in [-0.2, 0) is 14.3 Å². The molecule has 0 heterocycles.